The lowest BCUT2D eigenvalue weighted by Gasteiger charge is -2.06. The molecule has 3 rings (SSSR count). The van der Waals surface area contributed by atoms with E-state index in [1.807, 2.05) is 0 Å². The molecular weight excluding hydrogens is 301 g/mol. The van der Waals surface area contributed by atoms with Crippen LogP contribution in [0.3, 0.4) is 0 Å². The number of hydrogen-bond donors (Lipinski definition) is 1. The third-order valence-electron chi connectivity index (χ3n) is 3.36. The fourth-order valence-electron chi connectivity index (χ4n) is 2.37. The Morgan fingerprint density at radius 3 is 2.55 bits per heavy atom. The van der Waals surface area contributed by atoms with Crippen LogP contribution in [0.25, 0.3) is 21.9 Å². The van der Waals surface area contributed by atoms with Gasteiger partial charge in [-0.3, -0.25) is 0 Å². The molecule has 22 heavy (non-hydrogen) atoms. The van der Waals surface area contributed by atoms with Crippen LogP contribution < -0.4 is 4.74 Å². The fourth-order valence-corrected chi connectivity index (χ4v) is 2.37. The molecule has 0 radical (unpaired) electrons. The number of carboxylic acids is 1. The van der Waals surface area contributed by atoms with E-state index in [0.29, 0.717) is 0 Å². The summed E-state index contributed by atoms with van der Waals surface area (Å²) in [4.78, 5) is 11.3. The molecule has 0 atom stereocenters. The Balaban J connectivity index is 2.47. The van der Waals surface area contributed by atoms with Gasteiger partial charge in [0.05, 0.1) is 18.2 Å². The van der Waals surface area contributed by atoms with E-state index in [1.165, 1.54) is 25.3 Å². The molecule has 1 N–H and O–H groups in total. The van der Waals surface area contributed by atoms with Crippen molar-refractivity contribution in [2.24, 2.45) is 0 Å². The van der Waals surface area contributed by atoms with Gasteiger partial charge in [0, 0.05) is 10.8 Å². The summed E-state index contributed by atoms with van der Waals surface area (Å²) in [7, 11) is 1.36. The first-order valence-corrected chi connectivity index (χ1v) is 6.16. The van der Waals surface area contributed by atoms with Crippen molar-refractivity contribution in [2.75, 3.05) is 7.11 Å². The van der Waals surface area contributed by atoms with Gasteiger partial charge in [0.15, 0.2) is 11.3 Å². The standard InChI is InChI=1S/C15H9F3O4/c1-21-11-5-3-8(14(19)20)12-9-6-7(15(16,17)18)2-4-10(9)22-13(11)12/h2-6H,1H3,(H,19,20). The maximum Gasteiger partial charge on any atom is 0.416 e. The van der Waals surface area contributed by atoms with Crippen molar-refractivity contribution in [1.29, 1.82) is 0 Å². The Labute approximate surface area is 121 Å². The van der Waals surface area contributed by atoms with Crippen molar-refractivity contribution in [3.63, 3.8) is 0 Å². The number of aromatic carboxylic acids is 1. The summed E-state index contributed by atoms with van der Waals surface area (Å²) >= 11 is 0. The lowest BCUT2D eigenvalue weighted by atomic mass is 10.0. The molecule has 0 aliphatic heterocycles. The molecule has 0 saturated heterocycles. The van der Waals surface area contributed by atoms with Crippen molar-refractivity contribution in [3.05, 3.63) is 41.5 Å². The van der Waals surface area contributed by atoms with E-state index in [1.54, 1.807) is 0 Å². The number of ether oxygens (including phenoxy) is 1. The molecular formula is C15H9F3O4. The molecule has 1 aromatic heterocycles. The van der Waals surface area contributed by atoms with Crippen molar-refractivity contribution in [1.82, 2.24) is 0 Å². The average molecular weight is 310 g/mol. The smallest absolute Gasteiger partial charge is 0.416 e. The Hall–Kier alpha value is -2.70. The van der Waals surface area contributed by atoms with Gasteiger partial charge in [0.1, 0.15) is 5.58 Å². The minimum Gasteiger partial charge on any atom is -0.493 e. The van der Waals surface area contributed by atoms with Crippen LogP contribution in [0.15, 0.2) is 34.7 Å². The second-order valence-electron chi connectivity index (χ2n) is 4.64. The van der Waals surface area contributed by atoms with Crippen LogP contribution in [-0.4, -0.2) is 18.2 Å². The number of furan rings is 1. The maximum atomic E-state index is 12.9. The van der Waals surface area contributed by atoms with E-state index < -0.39 is 17.7 Å². The predicted molar refractivity (Wildman–Crippen MR) is 72.2 cm³/mol. The van der Waals surface area contributed by atoms with Crippen LogP contribution in [0.2, 0.25) is 0 Å². The minimum atomic E-state index is -4.53. The summed E-state index contributed by atoms with van der Waals surface area (Å²) in [6.07, 6.45) is -4.53. The molecule has 2 aromatic carbocycles. The molecule has 0 aliphatic rings. The van der Waals surface area contributed by atoms with Gasteiger partial charge in [-0.1, -0.05) is 0 Å². The zero-order chi connectivity index (χ0) is 16.1. The third-order valence-corrected chi connectivity index (χ3v) is 3.36. The first kappa shape index (κ1) is 14.2. The third kappa shape index (κ3) is 2.05. The van der Waals surface area contributed by atoms with Crippen molar-refractivity contribution in [3.8, 4) is 5.75 Å². The van der Waals surface area contributed by atoms with Gasteiger partial charge in [-0.2, -0.15) is 13.2 Å². The number of rotatable bonds is 2. The molecule has 4 nitrogen and oxygen atoms in total. The maximum absolute atomic E-state index is 12.9. The number of methoxy groups -OCH3 is 1. The molecule has 0 fully saturated rings. The van der Waals surface area contributed by atoms with Crippen LogP contribution in [0.5, 0.6) is 5.75 Å². The van der Waals surface area contributed by atoms with Gasteiger partial charge >= 0.3 is 12.1 Å². The normalized spacial score (nSPS) is 12.0. The fraction of sp³-hybridized carbons (Fsp3) is 0.133. The number of alkyl halides is 3. The second kappa shape index (κ2) is 4.66. The van der Waals surface area contributed by atoms with Gasteiger partial charge in [-0.15, -0.1) is 0 Å². The Bertz CT molecular complexity index is 893. The zero-order valence-electron chi connectivity index (χ0n) is 11.2. The molecule has 0 saturated carbocycles. The highest BCUT2D eigenvalue weighted by molar-refractivity contribution is 6.16. The number of carboxylic acid groups (broad SMARTS) is 1. The highest BCUT2D eigenvalue weighted by Crippen LogP contribution is 2.39. The number of halogens is 3. The topological polar surface area (TPSA) is 59.7 Å². The zero-order valence-corrected chi connectivity index (χ0v) is 11.2. The number of carbonyl (C=O) groups is 1. The molecule has 0 bridgehead atoms. The van der Waals surface area contributed by atoms with Crippen LogP contribution in [0.4, 0.5) is 13.2 Å². The van der Waals surface area contributed by atoms with Crippen molar-refractivity contribution in [2.45, 2.75) is 6.18 Å². The Morgan fingerprint density at radius 2 is 1.95 bits per heavy atom. The summed E-state index contributed by atoms with van der Waals surface area (Å²) in [6, 6.07) is 5.62. The molecule has 3 aromatic rings. The Morgan fingerprint density at radius 1 is 1.23 bits per heavy atom. The van der Waals surface area contributed by atoms with E-state index in [-0.39, 0.29) is 33.3 Å². The SMILES string of the molecule is COc1ccc(C(=O)O)c2c1oc1ccc(C(F)(F)F)cc12. The van der Waals surface area contributed by atoms with Crippen molar-refractivity contribution < 1.29 is 32.2 Å². The van der Waals surface area contributed by atoms with E-state index >= 15 is 0 Å². The molecule has 0 amide bonds. The van der Waals surface area contributed by atoms with Gasteiger partial charge in [-0.25, -0.2) is 4.79 Å². The van der Waals surface area contributed by atoms with E-state index in [9.17, 15) is 23.1 Å². The van der Waals surface area contributed by atoms with Gasteiger partial charge in [0.25, 0.3) is 0 Å². The first-order valence-electron chi connectivity index (χ1n) is 6.16. The van der Waals surface area contributed by atoms with E-state index in [4.69, 9.17) is 9.15 Å². The van der Waals surface area contributed by atoms with Gasteiger partial charge in [0.2, 0.25) is 0 Å². The molecule has 7 heteroatoms. The number of fused-ring (bicyclic) bond motifs is 3. The lowest BCUT2D eigenvalue weighted by molar-refractivity contribution is -0.137. The highest BCUT2D eigenvalue weighted by Gasteiger charge is 2.31. The molecule has 114 valence electrons. The summed E-state index contributed by atoms with van der Waals surface area (Å²) in [6.45, 7) is 0. The largest absolute Gasteiger partial charge is 0.493 e. The van der Waals surface area contributed by atoms with Crippen LogP contribution in [0.1, 0.15) is 15.9 Å². The summed E-state index contributed by atoms with van der Waals surface area (Å²) in [5.41, 5.74) is -0.748. The summed E-state index contributed by atoms with van der Waals surface area (Å²) in [5, 5.41) is 9.42. The van der Waals surface area contributed by atoms with E-state index in [0.717, 1.165) is 12.1 Å². The first-order chi connectivity index (χ1) is 10.3. The molecule has 0 unspecified atom stereocenters. The average Bonchev–Trinajstić information content (AvgIpc) is 2.83. The summed E-state index contributed by atoms with van der Waals surface area (Å²) < 4.78 is 49.1. The van der Waals surface area contributed by atoms with Crippen LogP contribution in [0, 0.1) is 0 Å². The minimum absolute atomic E-state index is 0.0844. The number of hydrogen-bond acceptors (Lipinski definition) is 3. The summed E-state index contributed by atoms with van der Waals surface area (Å²) in [5.74, 6) is -1.00. The van der Waals surface area contributed by atoms with Gasteiger partial charge < -0.3 is 14.3 Å². The number of benzene rings is 2. The van der Waals surface area contributed by atoms with Gasteiger partial charge in [-0.05, 0) is 30.3 Å². The van der Waals surface area contributed by atoms with Crippen LogP contribution in [-0.2, 0) is 6.18 Å². The molecule has 1 heterocycles. The second-order valence-corrected chi connectivity index (χ2v) is 4.64. The predicted octanol–water partition coefficient (Wildman–Crippen LogP) is 4.31. The highest BCUT2D eigenvalue weighted by atomic mass is 19.4. The lowest BCUT2D eigenvalue weighted by Crippen LogP contribution is -2.04. The monoisotopic (exact) mass is 310 g/mol. The van der Waals surface area contributed by atoms with E-state index in [2.05, 4.69) is 0 Å². The Kier molecular flexibility index (Phi) is 3.01. The quantitative estimate of drug-likeness (QED) is 0.766. The molecule has 0 aliphatic carbocycles. The molecule has 0 spiro atoms. The van der Waals surface area contributed by atoms with Crippen LogP contribution >= 0.6 is 0 Å². The van der Waals surface area contributed by atoms with Crippen molar-refractivity contribution >= 4 is 27.9 Å².